The van der Waals surface area contributed by atoms with Crippen molar-refractivity contribution < 1.29 is 4.39 Å². The second-order valence-electron chi connectivity index (χ2n) is 6.48. The van der Waals surface area contributed by atoms with Gasteiger partial charge in [-0.2, -0.15) is 0 Å². The van der Waals surface area contributed by atoms with Gasteiger partial charge >= 0.3 is 0 Å². The number of rotatable bonds is 3. The van der Waals surface area contributed by atoms with Crippen molar-refractivity contribution >= 4 is 22.5 Å². The smallest absolute Gasteiger partial charge is 0.123 e. The summed E-state index contributed by atoms with van der Waals surface area (Å²) in [5.74, 6) is -0.183. The summed E-state index contributed by atoms with van der Waals surface area (Å²) >= 11 is 6.24. The quantitative estimate of drug-likeness (QED) is 0.717. The Morgan fingerprint density at radius 1 is 1.21 bits per heavy atom. The van der Waals surface area contributed by atoms with Gasteiger partial charge in [0.05, 0.1) is 0 Å². The summed E-state index contributed by atoms with van der Waals surface area (Å²) < 4.78 is 15.5. The van der Waals surface area contributed by atoms with Gasteiger partial charge in [0.25, 0.3) is 0 Å². The molecule has 1 unspecified atom stereocenters. The van der Waals surface area contributed by atoms with Crippen LogP contribution in [0.3, 0.4) is 0 Å². The summed E-state index contributed by atoms with van der Waals surface area (Å²) in [5.41, 5.74) is 5.17. The lowest BCUT2D eigenvalue weighted by molar-refractivity contribution is 0.521. The van der Waals surface area contributed by atoms with Crippen LogP contribution in [-0.2, 0) is 19.4 Å². The van der Waals surface area contributed by atoms with Crippen molar-refractivity contribution in [1.29, 1.82) is 0 Å². The lowest BCUT2D eigenvalue weighted by Gasteiger charge is -2.23. The zero-order valence-corrected chi connectivity index (χ0v) is 14.4. The molecule has 4 heteroatoms. The number of hydrogen-bond acceptors (Lipinski definition) is 1. The highest BCUT2D eigenvalue weighted by atomic mass is 35.5. The molecule has 1 aliphatic rings. The maximum absolute atomic E-state index is 13.1. The minimum atomic E-state index is -0.183. The van der Waals surface area contributed by atoms with Crippen molar-refractivity contribution in [3.63, 3.8) is 0 Å². The molecule has 2 heterocycles. The Labute approximate surface area is 146 Å². The van der Waals surface area contributed by atoms with Gasteiger partial charge in [0, 0.05) is 47.2 Å². The van der Waals surface area contributed by atoms with Crippen molar-refractivity contribution in [1.82, 2.24) is 9.88 Å². The van der Waals surface area contributed by atoms with Crippen molar-refractivity contribution in [2.45, 2.75) is 32.4 Å². The maximum Gasteiger partial charge on any atom is 0.123 e. The molecule has 1 atom stereocenters. The lowest BCUT2D eigenvalue weighted by Crippen LogP contribution is -2.28. The van der Waals surface area contributed by atoms with E-state index < -0.39 is 0 Å². The van der Waals surface area contributed by atoms with E-state index in [1.54, 1.807) is 0 Å². The van der Waals surface area contributed by atoms with Crippen LogP contribution in [0.2, 0.25) is 5.02 Å². The first-order chi connectivity index (χ1) is 11.6. The highest BCUT2D eigenvalue weighted by molar-refractivity contribution is 6.31. The molecular weight excluding hydrogens is 323 g/mol. The van der Waals surface area contributed by atoms with Crippen LogP contribution >= 0.6 is 11.6 Å². The highest BCUT2D eigenvalue weighted by Crippen LogP contribution is 2.35. The zero-order valence-electron chi connectivity index (χ0n) is 13.7. The van der Waals surface area contributed by atoms with Crippen LogP contribution in [0.5, 0.6) is 0 Å². The number of aromatic nitrogens is 1. The minimum absolute atomic E-state index is 0.183. The normalized spacial score (nSPS) is 17.2. The van der Waals surface area contributed by atoms with E-state index in [0.717, 1.165) is 36.5 Å². The third-order valence-electron chi connectivity index (χ3n) is 4.96. The molecule has 0 saturated carbocycles. The monoisotopic (exact) mass is 342 g/mol. The number of benzene rings is 2. The van der Waals surface area contributed by atoms with Crippen molar-refractivity contribution in [2.24, 2.45) is 0 Å². The number of fused-ring (bicyclic) bond motifs is 3. The number of nitrogens with zero attached hydrogens (tertiary/aromatic N) is 1. The Bertz CT molecular complexity index is 883. The number of halogens is 2. The van der Waals surface area contributed by atoms with Gasteiger partial charge in [-0.25, -0.2) is 4.39 Å². The van der Waals surface area contributed by atoms with Crippen LogP contribution in [0.4, 0.5) is 4.39 Å². The molecule has 4 rings (SSSR count). The number of aryl methyl sites for hydroxylation is 2. The predicted molar refractivity (Wildman–Crippen MR) is 97.2 cm³/mol. The first-order valence-electron chi connectivity index (χ1n) is 8.42. The summed E-state index contributed by atoms with van der Waals surface area (Å²) in [4.78, 5) is 0. The molecule has 124 valence electrons. The van der Waals surface area contributed by atoms with E-state index in [1.165, 1.54) is 34.3 Å². The van der Waals surface area contributed by atoms with E-state index in [9.17, 15) is 4.39 Å². The summed E-state index contributed by atoms with van der Waals surface area (Å²) in [6.45, 7) is 4.10. The van der Waals surface area contributed by atoms with Crippen LogP contribution in [0.15, 0.2) is 42.5 Å². The molecule has 1 N–H and O–H groups in total. The van der Waals surface area contributed by atoms with Gasteiger partial charge in [-0.3, -0.25) is 0 Å². The second kappa shape index (κ2) is 6.23. The van der Waals surface area contributed by atoms with Gasteiger partial charge in [-0.1, -0.05) is 23.7 Å². The van der Waals surface area contributed by atoms with Gasteiger partial charge < -0.3 is 9.88 Å². The first kappa shape index (κ1) is 15.7. The molecule has 2 nitrogen and oxygen atoms in total. The Kier molecular flexibility index (Phi) is 4.07. The molecule has 24 heavy (non-hydrogen) atoms. The Morgan fingerprint density at radius 2 is 2.00 bits per heavy atom. The summed E-state index contributed by atoms with van der Waals surface area (Å²) in [5, 5.41) is 5.57. The average Bonchev–Trinajstić information content (AvgIpc) is 2.88. The molecular formula is C20H20ClFN2. The molecule has 3 aromatic rings. The Balaban J connectivity index is 1.75. The maximum atomic E-state index is 13.1. The van der Waals surface area contributed by atoms with Crippen LogP contribution in [0.1, 0.15) is 29.8 Å². The largest absolute Gasteiger partial charge is 0.344 e. The first-order valence-corrected chi connectivity index (χ1v) is 8.79. The molecule has 0 spiro atoms. The SMILES string of the molecule is CC1NCCc2c1c1cc(Cl)ccc1n2CCc1ccc(F)cc1. The van der Waals surface area contributed by atoms with Gasteiger partial charge in [-0.15, -0.1) is 0 Å². The summed E-state index contributed by atoms with van der Waals surface area (Å²) in [7, 11) is 0. The van der Waals surface area contributed by atoms with Crippen LogP contribution < -0.4 is 5.32 Å². The van der Waals surface area contributed by atoms with Crippen molar-refractivity contribution in [3.05, 3.63) is 70.1 Å². The van der Waals surface area contributed by atoms with Gasteiger partial charge in [0.2, 0.25) is 0 Å². The standard InChI is InChI=1S/C20H20ClFN2/c1-13-20-17-12-15(21)4-7-18(17)24(19(20)8-10-23-13)11-9-14-2-5-16(22)6-3-14/h2-7,12-13,23H,8-11H2,1H3. The fourth-order valence-corrected chi connectivity index (χ4v) is 3.99. The second-order valence-corrected chi connectivity index (χ2v) is 6.91. The molecule has 0 aliphatic carbocycles. The van der Waals surface area contributed by atoms with E-state index in [0.29, 0.717) is 6.04 Å². The lowest BCUT2D eigenvalue weighted by atomic mass is 9.99. The van der Waals surface area contributed by atoms with E-state index in [1.807, 2.05) is 18.2 Å². The summed E-state index contributed by atoms with van der Waals surface area (Å²) in [6, 6.07) is 13.3. The third kappa shape index (κ3) is 2.72. The van der Waals surface area contributed by atoms with Crippen LogP contribution in [0.25, 0.3) is 10.9 Å². The van der Waals surface area contributed by atoms with Crippen molar-refractivity contribution in [2.75, 3.05) is 6.54 Å². The Morgan fingerprint density at radius 3 is 2.79 bits per heavy atom. The van der Waals surface area contributed by atoms with Crippen molar-refractivity contribution in [3.8, 4) is 0 Å². The molecule has 0 fully saturated rings. The fourth-order valence-electron chi connectivity index (χ4n) is 3.81. The zero-order chi connectivity index (χ0) is 16.7. The topological polar surface area (TPSA) is 17.0 Å². The molecule has 0 amide bonds. The molecule has 1 aromatic heterocycles. The molecule has 2 aromatic carbocycles. The molecule has 0 radical (unpaired) electrons. The number of hydrogen-bond donors (Lipinski definition) is 1. The number of nitrogens with one attached hydrogen (secondary N) is 1. The Hall–Kier alpha value is -1.84. The summed E-state index contributed by atoms with van der Waals surface area (Å²) in [6.07, 6.45) is 1.91. The molecule has 0 bridgehead atoms. The van der Waals surface area contributed by atoms with E-state index in [4.69, 9.17) is 11.6 Å². The minimum Gasteiger partial charge on any atom is -0.344 e. The molecule has 1 aliphatic heterocycles. The fraction of sp³-hybridized carbons (Fsp3) is 0.300. The van der Waals surface area contributed by atoms with E-state index in [2.05, 4.69) is 28.9 Å². The van der Waals surface area contributed by atoms with Crippen LogP contribution in [-0.4, -0.2) is 11.1 Å². The van der Waals surface area contributed by atoms with E-state index in [-0.39, 0.29) is 5.82 Å². The van der Waals surface area contributed by atoms with E-state index >= 15 is 0 Å². The van der Waals surface area contributed by atoms with Gasteiger partial charge in [0.1, 0.15) is 5.82 Å². The van der Waals surface area contributed by atoms with Gasteiger partial charge in [-0.05, 0) is 54.8 Å². The predicted octanol–water partition coefficient (Wildman–Crippen LogP) is 4.88. The third-order valence-corrected chi connectivity index (χ3v) is 5.19. The molecule has 0 saturated heterocycles. The van der Waals surface area contributed by atoms with Crippen LogP contribution in [0, 0.1) is 5.82 Å². The van der Waals surface area contributed by atoms with Gasteiger partial charge in [0.15, 0.2) is 0 Å². The average molecular weight is 343 g/mol. The highest BCUT2D eigenvalue weighted by Gasteiger charge is 2.24.